The van der Waals surface area contributed by atoms with Gasteiger partial charge in [-0.2, -0.15) is 0 Å². The van der Waals surface area contributed by atoms with Gasteiger partial charge in [0.2, 0.25) is 5.90 Å². The molecule has 0 fully saturated rings. The van der Waals surface area contributed by atoms with E-state index in [1.165, 1.54) is 0 Å². The van der Waals surface area contributed by atoms with E-state index in [1.54, 1.807) is 13.2 Å². The first-order chi connectivity index (χ1) is 11.1. The van der Waals surface area contributed by atoms with E-state index in [1.807, 2.05) is 49.4 Å². The molecule has 1 heterocycles. The van der Waals surface area contributed by atoms with Crippen molar-refractivity contribution in [1.82, 2.24) is 0 Å². The number of ether oxygens (including phenoxy) is 2. The molecular formula is C18H14BrNO3. The van der Waals surface area contributed by atoms with Gasteiger partial charge in [-0.25, -0.2) is 9.79 Å². The van der Waals surface area contributed by atoms with Gasteiger partial charge in [-0.15, -0.1) is 0 Å². The summed E-state index contributed by atoms with van der Waals surface area (Å²) in [5, 5.41) is 0. The van der Waals surface area contributed by atoms with Gasteiger partial charge in [0.1, 0.15) is 5.75 Å². The van der Waals surface area contributed by atoms with E-state index in [0.717, 1.165) is 21.2 Å². The summed E-state index contributed by atoms with van der Waals surface area (Å²) in [6.45, 7) is 2.00. The third-order valence-electron chi connectivity index (χ3n) is 3.40. The Hall–Kier alpha value is -2.40. The van der Waals surface area contributed by atoms with E-state index < -0.39 is 5.97 Å². The smallest absolute Gasteiger partial charge is 0.363 e. The average molecular weight is 372 g/mol. The maximum atomic E-state index is 12.1. The summed E-state index contributed by atoms with van der Waals surface area (Å²) in [6, 6.07) is 13.2. The first-order valence-corrected chi connectivity index (χ1v) is 7.79. The van der Waals surface area contributed by atoms with Crippen molar-refractivity contribution < 1.29 is 14.3 Å². The SMILES string of the molecule is COc1ccc(Br)cc1/C=C1\N=C(c2ccc(C)cc2)OC1=O. The van der Waals surface area contributed by atoms with E-state index in [0.29, 0.717) is 11.6 Å². The molecule has 0 radical (unpaired) electrons. The first-order valence-electron chi connectivity index (χ1n) is 7.00. The summed E-state index contributed by atoms with van der Waals surface area (Å²) in [7, 11) is 1.58. The van der Waals surface area contributed by atoms with Gasteiger partial charge in [-0.05, 0) is 43.3 Å². The van der Waals surface area contributed by atoms with Crippen LogP contribution < -0.4 is 4.74 Å². The summed E-state index contributed by atoms with van der Waals surface area (Å²) in [6.07, 6.45) is 1.66. The van der Waals surface area contributed by atoms with E-state index in [2.05, 4.69) is 20.9 Å². The molecule has 0 unspecified atom stereocenters. The van der Waals surface area contributed by atoms with Crippen LogP contribution in [0.1, 0.15) is 16.7 Å². The molecule has 5 heteroatoms. The summed E-state index contributed by atoms with van der Waals surface area (Å²) < 4.78 is 11.5. The minimum absolute atomic E-state index is 0.247. The zero-order chi connectivity index (χ0) is 16.4. The Labute approximate surface area is 142 Å². The number of rotatable bonds is 3. The Morgan fingerprint density at radius 1 is 1.17 bits per heavy atom. The van der Waals surface area contributed by atoms with Crippen LogP contribution in [-0.4, -0.2) is 19.0 Å². The number of nitrogens with zero attached hydrogens (tertiary/aromatic N) is 1. The van der Waals surface area contributed by atoms with Gasteiger partial charge < -0.3 is 9.47 Å². The van der Waals surface area contributed by atoms with Gasteiger partial charge in [0.15, 0.2) is 5.70 Å². The van der Waals surface area contributed by atoms with Crippen molar-refractivity contribution >= 4 is 33.9 Å². The number of esters is 1. The molecule has 116 valence electrons. The average Bonchev–Trinajstić information content (AvgIpc) is 2.89. The second-order valence-corrected chi connectivity index (χ2v) is 6.00. The number of carbonyl (C=O) groups excluding carboxylic acids is 1. The summed E-state index contributed by atoms with van der Waals surface area (Å²) in [4.78, 5) is 16.4. The van der Waals surface area contributed by atoms with Crippen molar-refractivity contribution in [3.63, 3.8) is 0 Å². The Balaban J connectivity index is 1.98. The highest BCUT2D eigenvalue weighted by molar-refractivity contribution is 9.10. The van der Waals surface area contributed by atoms with E-state index in [4.69, 9.17) is 9.47 Å². The number of carbonyl (C=O) groups is 1. The van der Waals surface area contributed by atoms with Gasteiger partial charge in [-0.3, -0.25) is 0 Å². The lowest BCUT2D eigenvalue weighted by molar-refractivity contribution is -0.129. The highest BCUT2D eigenvalue weighted by Crippen LogP contribution is 2.27. The van der Waals surface area contributed by atoms with Crippen molar-refractivity contribution in [1.29, 1.82) is 0 Å². The van der Waals surface area contributed by atoms with E-state index in [-0.39, 0.29) is 5.70 Å². The van der Waals surface area contributed by atoms with Gasteiger partial charge in [0.25, 0.3) is 0 Å². The number of aryl methyl sites for hydroxylation is 1. The molecular weight excluding hydrogens is 358 g/mol. The highest BCUT2D eigenvalue weighted by atomic mass is 79.9. The molecule has 0 saturated heterocycles. The Kier molecular flexibility index (Phi) is 4.30. The first kappa shape index (κ1) is 15.5. The van der Waals surface area contributed by atoms with Crippen molar-refractivity contribution in [2.24, 2.45) is 4.99 Å². The Morgan fingerprint density at radius 3 is 2.61 bits per heavy atom. The van der Waals surface area contributed by atoms with Crippen LogP contribution in [0.25, 0.3) is 6.08 Å². The number of methoxy groups -OCH3 is 1. The molecule has 0 aromatic heterocycles. The largest absolute Gasteiger partial charge is 0.496 e. The predicted octanol–water partition coefficient (Wildman–Crippen LogP) is 4.11. The van der Waals surface area contributed by atoms with Crippen LogP contribution in [0.2, 0.25) is 0 Å². The number of cyclic esters (lactones) is 1. The molecule has 4 nitrogen and oxygen atoms in total. The van der Waals surface area contributed by atoms with Gasteiger partial charge >= 0.3 is 5.97 Å². The molecule has 0 N–H and O–H groups in total. The monoisotopic (exact) mass is 371 g/mol. The molecule has 0 spiro atoms. The van der Waals surface area contributed by atoms with Crippen molar-refractivity contribution in [2.45, 2.75) is 6.92 Å². The second-order valence-electron chi connectivity index (χ2n) is 5.09. The lowest BCUT2D eigenvalue weighted by Crippen LogP contribution is -2.05. The van der Waals surface area contributed by atoms with Crippen LogP contribution in [0.15, 0.2) is 57.6 Å². The molecule has 1 aliphatic heterocycles. The summed E-state index contributed by atoms with van der Waals surface area (Å²) >= 11 is 3.41. The molecule has 0 aliphatic carbocycles. The Morgan fingerprint density at radius 2 is 1.91 bits per heavy atom. The highest BCUT2D eigenvalue weighted by Gasteiger charge is 2.24. The van der Waals surface area contributed by atoms with Crippen LogP contribution in [0.5, 0.6) is 5.75 Å². The predicted molar refractivity (Wildman–Crippen MR) is 92.5 cm³/mol. The molecule has 2 aromatic rings. The third-order valence-corrected chi connectivity index (χ3v) is 3.90. The van der Waals surface area contributed by atoms with E-state index in [9.17, 15) is 4.79 Å². The molecule has 0 saturated carbocycles. The zero-order valence-corrected chi connectivity index (χ0v) is 14.3. The van der Waals surface area contributed by atoms with Crippen LogP contribution in [0, 0.1) is 6.92 Å². The van der Waals surface area contributed by atoms with Gasteiger partial charge in [0.05, 0.1) is 7.11 Å². The fraction of sp³-hybridized carbons (Fsp3) is 0.111. The molecule has 0 atom stereocenters. The summed E-state index contributed by atoms with van der Waals surface area (Å²) in [5.41, 5.74) is 2.90. The fourth-order valence-electron chi connectivity index (χ4n) is 2.19. The molecule has 2 aromatic carbocycles. The topological polar surface area (TPSA) is 47.9 Å². The van der Waals surface area contributed by atoms with Crippen LogP contribution in [0.3, 0.4) is 0 Å². The number of hydrogen-bond donors (Lipinski definition) is 0. The van der Waals surface area contributed by atoms with Crippen LogP contribution in [-0.2, 0) is 9.53 Å². The van der Waals surface area contributed by atoms with Gasteiger partial charge in [0, 0.05) is 15.6 Å². The molecule has 3 rings (SSSR count). The van der Waals surface area contributed by atoms with E-state index >= 15 is 0 Å². The maximum absolute atomic E-state index is 12.1. The number of hydrogen-bond acceptors (Lipinski definition) is 4. The van der Waals surface area contributed by atoms with Crippen molar-refractivity contribution in [3.8, 4) is 5.75 Å². The molecule has 0 bridgehead atoms. The molecule has 0 amide bonds. The maximum Gasteiger partial charge on any atom is 0.363 e. The van der Waals surface area contributed by atoms with Crippen LogP contribution >= 0.6 is 15.9 Å². The minimum atomic E-state index is -0.470. The minimum Gasteiger partial charge on any atom is -0.496 e. The van der Waals surface area contributed by atoms with Crippen molar-refractivity contribution in [2.75, 3.05) is 7.11 Å². The molecule has 23 heavy (non-hydrogen) atoms. The molecule has 1 aliphatic rings. The lowest BCUT2D eigenvalue weighted by Gasteiger charge is -2.04. The van der Waals surface area contributed by atoms with Gasteiger partial charge in [-0.1, -0.05) is 33.6 Å². The quantitative estimate of drug-likeness (QED) is 0.602. The zero-order valence-electron chi connectivity index (χ0n) is 12.7. The second kappa shape index (κ2) is 6.38. The van der Waals surface area contributed by atoms with Crippen molar-refractivity contribution in [3.05, 3.63) is 69.3 Å². The van der Waals surface area contributed by atoms with Crippen LogP contribution in [0.4, 0.5) is 0 Å². The lowest BCUT2D eigenvalue weighted by atomic mass is 10.1. The number of benzene rings is 2. The normalized spacial score (nSPS) is 15.5. The third kappa shape index (κ3) is 3.35. The number of aliphatic imine (C=N–C) groups is 1. The standard InChI is InChI=1S/C18H14BrNO3/c1-11-3-5-12(6-4-11)17-20-15(18(21)23-17)10-13-9-14(19)7-8-16(13)22-2/h3-10H,1-2H3/b15-10-. The fourth-order valence-corrected chi connectivity index (χ4v) is 2.57. The summed E-state index contributed by atoms with van der Waals surface area (Å²) in [5.74, 6) is 0.505. The Bertz CT molecular complexity index is 823. The number of halogens is 1.